The molecule has 4 nitrogen and oxygen atoms in total. The second-order valence-electron chi connectivity index (χ2n) is 4.99. The highest BCUT2D eigenvalue weighted by molar-refractivity contribution is 6.33. The summed E-state index contributed by atoms with van der Waals surface area (Å²) in [7, 11) is 4.25. The monoisotopic (exact) mass is 269 g/mol. The number of pyridine rings is 1. The molecule has 1 fully saturated rings. The summed E-state index contributed by atoms with van der Waals surface area (Å²) < 4.78 is 0. The van der Waals surface area contributed by atoms with Gasteiger partial charge in [-0.1, -0.05) is 11.6 Å². The van der Waals surface area contributed by atoms with Crippen molar-refractivity contribution in [3.8, 4) is 0 Å². The maximum atomic E-state index is 9.04. The van der Waals surface area contributed by atoms with E-state index in [2.05, 4.69) is 28.9 Å². The van der Waals surface area contributed by atoms with E-state index in [0.29, 0.717) is 11.1 Å². The first-order valence-electron chi connectivity index (χ1n) is 6.28. The second-order valence-corrected chi connectivity index (χ2v) is 5.40. The highest BCUT2D eigenvalue weighted by Crippen LogP contribution is 2.27. The van der Waals surface area contributed by atoms with Crippen LogP contribution in [0.15, 0.2) is 12.3 Å². The van der Waals surface area contributed by atoms with Gasteiger partial charge in [-0.05, 0) is 38.6 Å². The molecule has 1 saturated heterocycles. The molecule has 1 aromatic heterocycles. The molecular formula is C13H20ClN3O. The minimum absolute atomic E-state index is 0.0182. The summed E-state index contributed by atoms with van der Waals surface area (Å²) in [6, 6.07) is 2.44. The van der Waals surface area contributed by atoms with Crippen molar-refractivity contribution in [3.05, 3.63) is 22.8 Å². The van der Waals surface area contributed by atoms with Crippen LogP contribution in [-0.4, -0.2) is 48.2 Å². The third-order valence-electron chi connectivity index (χ3n) is 3.56. The third kappa shape index (κ3) is 2.94. The maximum Gasteiger partial charge on any atom is 0.147 e. The minimum Gasteiger partial charge on any atom is -0.392 e. The molecule has 100 valence electrons. The molecule has 0 unspecified atom stereocenters. The zero-order valence-electron chi connectivity index (χ0n) is 10.9. The fraction of sp³-hybridized carbons (Fsp3) is 0.615. The van der Waals surface area contributed by atoms with E-state index in [-0.39, 0.29) is 6.61 Å². The van der Waals surface area contributed by atoms with Gasteiger partial charge >= 0.3 is 0 Å². The number of hydrogen-bond donors (Lipinski definition) is 1. The van der Waals surface area contributed by atoms with Crippen LogP contribution < -0.4 is 4.90 Å². The number of aliphatic hydroxyl groups excluding tert-OH is 1. The second kappa shape index (κ2) is 5.87. The van der Waals surface area contributed by atoms with Crippen LogP contribution in [0.25, 0.3) is 0 Å². The van der Waals surface area contributed by atoms with E-state index >= 15 is 0 Å². The SMILES string of the molecule is CN(C)C1CCN(c2ncc(CO)cc2Cl)CC1. The highest BCUT2D eigenvalue weighted by atomic mass is 35.5. The van der Waals surface area contributed by atoms with Crippen LogP contribution in [0.4, 0.5) is 5.82 Å². The van der Waals surface area contributed by atoms with Gasteiger partial charge in [0.15, 0.2) is 0 Å². The highest BCUT2D eigenvalue weighted by Gasteiger charge is 2.22. The number of aliphatic hydroxyl groups is 1. The van der Waals surface area contributed by atoms with Gasteiger partial charge in [-0.2, -0.15) is 0 Å². The molecule has 1 N–H and O–H groups in total. The van der Waals surface area contributed by atoms with E-state index in [1.165, 1.54) is 0 Å². The molecule has 1 aromatic rings. The van der Waals surface area contributed by atoms with E-state index in [0.717, 1.165) is 37.3 Å². The molecule has 0 aromatic carbocycles. The summed E-state index contributed by atoms with van der Waals surface area (Å²) >= 11 is 6.21. The summed E-state index contributed by atoms with van der Waals surface area (Å²) in [5.41, 5.74) is 0.756. The summed E-state index contributed by atoms with van der Waals surface area (Å²) in [5.74, 6) is 0.839. The lowest BCUT2D eigenvalue weighted by molar-refractivity contribution is 0.249. The maximum absolute atomic E-state index is 9.04. The van der Waals surface area contributed by atoms with Gasteiger partial charge in [0, 0.05) is 25.3 Å². The molecule has 0 atom stereocenters. The van der Waals surface area contributed by atoms with Crippen LogP contribution in [0.2, 0.25) is 5.02 Å². The lowest BCUT2D eigenvalue weighted by Gasteiger charge is -2.36. The Labute approximate surface area is 113 Å². The number of nitrogens with zero attached hydrogens (tertiary/aromatic N) is 3. The summed E-state index contributed by atoms with van der Waals surface area (Å²) in [6.07, 6.45) is 3.96. The van der Waals surface area contributed by atoms with Gasteiger partial charge in [0.25, 0.3) is 0 Å². The molecule has 5 heteroatoms. The average molecular weight is 270 g/mol. The van der Waals surface area contributed by atoms with Gasteiger partial charge in [-0.3, -0.25) is 0 Å². The predicted octanol–water partition coefficient (Wildman–Crippen LogP) is 1.76. The van der Waals surface area contributed by atoms with E-state index < -0.39 is 0 Å². The number of halogens is 1. The lowest BCUT2D eigenvalue weighted by Crippen LogP contribution is -2.42. The number of anilines is 1. The summed E-state index contributed by atoms with van der Waals surface area (Å²) in [6.45, 7) is 1.94. The van der Waals surface area contributed by atoms with Crippen LogP contribution in [0.3, 0.4) is 0 Å². The molecule has 0 aliphatic carbocycles. The first-order chi connectivity index (χ1) is 8.61. The third-order valence-corrected chi connectivity index (χ3v) is 3.83. The smallest absolute Gasteiger partial charge is 0.147 e. The molecule has 2 rings (SSSR count). The standard InChI is InChI=1S/C13H20ClN3O/c1-16(2)11-3-5-17(6-4-11)13-12(14)7-10(9-18)8-15-13/h7-8,11,18H,3-6,9H2,1-2H3. The van der Waals surface area contributed by atoms with Crippen LogP contribution >= 0.6 is 11.6 Å². The van der Waals surface area contributed by atoms with Crippen LogP contribution in [-0.2, 0) is 6.61 Å². The Hall–Kier alpha value is -0.840. The topological polar surface area (TPSA) is 39.6 Å². The van der Waals surface area contributed by atoms with Crippen molar-refractivity contribution in [1.29, 1.82) is 0 Å². The van der Waals surface area contributed by atoms with Crippen molar-refractivity contribution in [3.63, 3.8) is 0 Å². The fourth-order valence-electron chi connectivity index (χ4n) is 2.38. The molecule has 1 aliphatic heterocycles. The van der Waals surface area contributed by atoms with Gasteiger partial charge in [-0.15, -0.1) is 0 Å². The van der Waals surface area contributed by atoms with Crippen molar-refractivity contribution in [1.82, 2.24) is 9.88 Å². The van der Waals surface area contributed by atoms with E-state index in [9.17, 15) is 0 Å². The Kier molecular flexibility index (Phi) is 4.43. The van der Waals surface area contributed by atoms with Crippen molar-refractivity contribution in [2.24, 2.45) is 0 Å². The Morgan fingerprint density at radius 1 is 1.44 bits per heavy atom. The Bertz CT molecular complexity index is 403. The molecule has 2 heterocycles. The molecule has 0 bridgehead atoms. The molecule has 0 saturated carbocycles. The van der Waals surface area contributed by atoms with Crippen molar-refractivity contribution >= 4 is 17.4 Å². The normalized spacial score (nSPS) is 17.5. The Morgan fingerprint density at radius 3 is 2.61 bits per heavy atom. The molecule has 0 spiro atoms. The van der Waals surface area contributed by atoms with Crippen molar-refractivity contribution in [2.75, 3.05) is 32.1 Å². The van der Waals surface area contributed by atoms with E-state index in [4.69, 9.17) is 16.7 Å². The van der Waals surface area contributed by atoms with Gasteiger partial charge in [0.1, 0.15) is 5.82 Å². The fourth-order valence-corrected chi connectivity index (χ4v) is 2.69. The largest absolute Gasteiger partial charge is 0.392 e. The summed E-state index contributed by atoms with van der Waals surface area (Å²) in [5, 5.41) is 9.67. The zero-order valence-corrected chi connectivity index (χ0v) is 11.7. The molecule has 0 radical (unpaired) electrons. The molecule has 1 aliphatic rings. The van der Waals surface area contributed by atoms with Crippen LogP contribution in [0.5, 0.6) is 0 Å². The quantitative estimate of drug-likeness (QED) is 0.908. The van der Waals surface area contributed by atoms with E-state index in [1.54, 1.807) is 12.3 Å². The van der Waals surface area contributed by atoms with Gasteiger partial charge in [0.05, 0.1) is 11.6 Å². The number of hydrogen-bond acceptors (Lipinski definition) is 4. The van der Waals surface area contributed by atoms with Crippen molar-refractivity contribution < 1.29 is 5.11 Å². The Balaban J connectivity index is 2.05. The van der Waals surface area contributed by atoms with Crippen molar-refractivity contribution in [2.45, 2.75) is 25.5 Å². The predicted molar refractivity (Wildman–Crippen MR) is 74.1 cm³/mol. The van der Waals surface area contributed by atoms with Gasteiger partial charge in [0.2, 0.25) is 0 Å². The summed E-state index contributed by atoms with van der Waals surface area (Å²) in [4.78, 5) is 8.87. The first-order valence-corrected chi connectivity index (χ1v) is 6.66. The average Bonchev–Trinajstić information content (AvgIpc) is 2.38. The molecular weight excluding hydrogens is 250 g/mol. The molecule has 0 amide bonds. The molecule has 18 heavy (non-hydrogen) atoms. The lowest BCUT2D eigenvalue weighted by atomic mass is 10.0. The number of piperidine rings is 1. The Morgan fingerprint density at radius 2 is 2.11 bits per heavy atom. The zero-order chi connectivity index (χ0) is 13.1. The minimum atomic E-state index is -0.0182. The van der Waals surface area contributed by atoms with Crippen LogP contribution in [0, 0.1) is 0 Å². The van der Waals surface area contributed by atoms with Gasteiger partial charge < -0.3 is 14.9 Å². The number of rotatable bonds is 3. The van der Waals surface area contributed by atoms with E-state index in [1.807, 2.05) is 0 Å². The number of aromatic nitrogens is 1. The van der Waals surface area contributed by atoms with Gasteiger partial charge in [-0.25, -0.2) is 4.98 Å². The first kappa shape index (κ1) is 13.6. The van der Waals surface area contributed by atoms with Crippen LogP contribution in [0.1, 0.15) is 18.4 Å².